The molecule has 3 aliphatic rings. The molecule has 11 heteroatoms. The van der Waals surface area contributed by atoms with Crippen LogP contribution in [0.3, 0.4) is 0 Å². The monoisotopic (exact) mass is 504 g/mol. The van der Waals surface area contributed by atoms with E-state index >= 15 is 0 Å². The van der Waals surface area contributed by atoms with Gasteiger partial charge in [-0.3, -0.25) is 9.80 Å². The second-order valence-electron chi connectivity index (χ2n) is 10.1. The smallest absolute Gasteiger partial charge is 0.378 e. The lowest BCUT2D eigenvalue weighted by Crippen LogP contribution is -2.54. The van der Waals surface area contributed by atoms with Crippen molar-refractivity contribution in [3.05, 3.63) is 47.8 Å². The van der Waals surface area contributed by atoms with Gasteiger partial charge >= 0.3 is 12.2 Å². The zero-order valence-electron chi connectivity index (χ0n) is 20.5. The minimum Gasteiger partial charge on any atom is -0.378 e. The Morgan fingerprint density at radius 3 is 2.33 bits per heavy atom. The van der Waals surface area contributed by atoms with Gasteiger partial charge in [-0.25, -0.2) is 14.8 Å². The summed E-state index contributed by atoms with van der Waals surface area (Å²) in [4.78, 5) is 26.2. The van der Waals surface area contributed by atoms with Gasteiger partial charge < -0.3 is 15.0 Å². The number of nitrogens with one attached hydrogen (secondary N) is 1. The van der Waals surface area contributed by atoms with E-state index in [1.165, 1.54) is 5.56 Å². The lowest BCUT2D eigenvalue weighted by molar-refractivity contribution is -0.140. The fourth-order valence-corrected chi connectivity index (χ4v) is 5.76. The first-order valence-corrected chi connectivity index (χ1v) is 12.2. The summed E-state index contributed by atoms with van der Waals surface area (Å²) in [6.07, 6.45) is -0.744. The van der Waals surface area contributed by atoms with Gasteiger partial charge in [-0.2, -0.15) is 13.2 Å². The van der Waals surface area contributed by atoms with Crippen molar-refractivity contribution in [2.24, 2.45) is 0 Å². The van der Waals surface area contributed by atoms with Crippen LogP contribution in [0.25, 0.3) is 0 Å². The van der Waals surface area contributed by atoms with Crippen LogP contribution in [0.4, 0.5) is 29.6 Å². The molecule has 0 unspecified atom stereocenters. The van der Waals surface area contributed by atoms with Gasteiger partial charge in [0.25, 0.3) is 0 Å². The number of alkyl halides is 3. The van der Waals surface area contributed by atoms with E-state index in [1.54, 1.807) is 4.90 Å². The average molecular weight is 505 g/mol. The van der Waals surface area contributed by atoms with Crippen molar-refractivity contribution in [1.29, 1.82) is 0 Å². The predicted octanol–water partition coefficient (Wildman–Crippen LogP) is 3.63. The normalized spacial score (nSPS) is 27.1. The van der Waals surface area contributed by atoms with Gasteiger partial charge in [-0.15, -0.1) is 0 Å². The molecule has 0 bridgehead atoms. The maximum absolute atomic E-state index is 14.1. The number of anilines is 2. The number of aromatic nitrogens is 2. The molecular weight excluding hydrogens is 473 g/mol. The lowest BCUT2D eigenvalue weighted by Gasteiger charge is -2.48. The number of hydrogen-bond acceptors (Lipinski definition) is 6. The standard InChI is InChI=1S/C25H31F3N6O2/c1-32(2)24(18-6-4-3-5-7-18)10-8-23(9-11-24)17-34(22(35)31-23)19-16-29-21(30-20(19)25(26,27)28)33-12-14-36-15-13-33/h3-7,16H,8-15,17H2,1-2H3,(H,31,35)/t23-,24-. The van der Waals surface area contributed by atoms with Gasteiger partial charge in [0.1, 0.15) is 0 Å². The third kappa shape index (κ3) is 4.39. The molecule has 8 nitrogen and oxygen atoms in total. The molecule has 1 aromatic heterocycles. The Bertz CT molecular complexity index is 1100. The van der Waals surface area contributed by atoms with Gasteiger partial charge in [0, 0.05) is 18.6 Å². The van der Waals surface area contributed by atoms with Crippen LogP contribution in [0.1, 0.15) is 36.9 Å². The number of ether oxygens (including phenoxy) is 1. The molecule has 2 amide bonds. The van der Waals surface area contributed by atoms with Crippen LogP contribution in [0.5, 0.6) is 0 Å². The van der Waals surface area contributed by atoms with E-state index in [-0.39, 0.29) is 23.7 Å². The van der Waals surface area contributed by atoms with Crippen molar-refractivity contribution in [1.82, 2.24) is 20.2 Å². The first kappa shape index (κ1) is 24.8. The first-order chi connectivity index (χ1) is 17.1. The maximum atomic E-state index is 14.1. The maximum Gasteiger partial charge on any atom is 0.435 e. The van der Waals surface area contributed by atoms with Crippen LogP contribution in [-0.4, -0.2) is 73.4 Å². The Morgan fingerprint density at radius 2 is 1.72 bits per heavy atom. The summed E-state index contributed by atoms with van der Waals surface area (Å²) in [7, 11) is 4.10. The fraction of sp³-hybridized carbons (Fsp3) is 0.560. The zero-order chi connectivity index (χ0) is 25.6. The number of urea groups is 1. The van der Waals surface area contributed by atoms with Crippen molar-refractivity contribution in [2.45, 2.75) is 42.9 Å². The second kappa shape index (κ2) is 9.19. The molecule has 1 spiro atoms. The minimum atomic E-state index is -4.73. The number of benzene rings is 1. The largest absolute Gasteiger partial charge is 0.435 e. The molecule has 1 aromatic carbocycles. The Balaban J connectivity index is 1.40. The first-order valence-electron chi connectivity index (χ1n) is 12.2. The molecule has 5 rings (SSSR count). The third-order valence-electron chi connectivity index (χ3n) is 7.89. The van der Waals surface area contributed by atoms with Crippen LogP contribution >= 0.6 is 0 Å². The summed E-state index contributed by atoms with van der Waals surface area (Å²) in [6.45, 7) is 1.79. The molecule has 3 fully saturated rings. The molecule has 1 saturated carbocycles. The van der Waals surface area contributed by atoms with Gasteiger partial charge in [0.05, 0.1) is 37.2 Å². The van der Waals surface area contributed by atoms with Crippen LogP contribution in [0.15, 0.2) is 36.5 Å². The molecular formula is C25H31F3N6O2. The van der Waals surface area contributed by atoms with E-state index in [9.17, 15) is 18.0 Å². The van der Waals surface area contributed by atoms with E-state index in [0.717, 1.165) is 23.9 Å². The van der Waals surface area contributed by atoms with E-state index in [4.69, 9.17) is 4.74 Å². The highest BCUT2D eigenvalue weighted by atomic mass is 19.4. The average Bonchev–Trinajstić information content (AvgIpc) is 3.20. The quantitative estimate of drug-likeness (QED) is 0.686. The number of rotatable bonds is 4. The van der Waals surface area contributed by atoms with Crippen molar-refractivity contribution >= 4 is 17.7 Å². The predicted molar refractivity (Wildman–Crippen MR) is 129 cm³/mol. The minimum absolute atomic E-state index is 0.0000116. The molecule has 1 aliphatic carbocycles. The van der Waals surface area contributed by atoms with E-state index in [1.807, 2.05) is 32.3 Å². The lowest BCUT2D eigenvalue weighted by atomic mass is 9.69. The van der Waals surface area contributed by atoms with E-state index in [0.29, 0.717) is 39.1 Å². The Labute approximate surface area is 208 Å². The highest BCUT2D eigenvalue weighted by molar-refractivity contribution is 5.96. The SMILES string of the molecule is CN(C)[C@]1(c2ccccc2)CC[C@@]2(CC1)CN(c1cnc(N3CCOCC3)nc1C(F)(F)F)C(=O)N2. The number of amides is 2. The number of carbonyl (C=O) groups is 1. The summed E-state index contributed by atoms with van der Waals surface area (Å²) in [5.74, 6) is -0.0000116. The van der Waals surface area contributed by atoms with Gasteiger partial charge in [0.2, 0.25) is 5.95 Å². The number of halogens is 3. The summed E-state index contributed by atoms with van der Waals surface area (Å²) < 4.78 is 47.5. The number of nitrogens with zero attached hydrogens (tertiary/aromatic N) is 5. The number of hydrogen-bond donors (Lipinski definition) is 1. The molecule has 0 radical (unpaired) electrons. The molecule has 2 aromatic rings. The summed E-state index contributed by atoms with van der Waals surface area (Å²) in [6, 6.07) is 9.70. The Kier molecular flexibility index (Phi) is 6.32. The highest BCUT2D eigenvalue weighted by Gasteiger charge is 2.51. The van der Waals surface area contributed by atoms with Gasteiger partial charge in [0.15, 0.2) is 5.69 Å². The third-order valence-corrected chi connectivity index (χ3v) is 7.89. The Morgan fingerprint density at radius 1 is 1.06 bits per heavy atom. The highest BCUT2D eigenvalue weighted by Crippen LogP contribution is 2.47. The molecule has 2 saturated heterocycles. The number of carbonyl (C=O) groups excluding carboxylic acids is 1. The van der Waals surface area contributed by atoms with E-state index < -0.39 is 23.4 Å². The summed E-state index contributed by atoms with van der Waals surface area (Å²) >= 11 is 0. The van der Waals surface area contributed by atoms with E-state index in [2.05, 4.69) is 32.3 Å². The van der Waals surface area contributed by atoms with Crippen molar-refractivity contribution < 1.29 is 22.7 Å². The van der Waals surface area contributed by atoms with Crippen LogP contribution in [0, 0.1) is 0 Å². The van der Waals surface area contributed by atoms with Crippen molar-refractivity contribution in [2.75, 3.05) is 56.7 Å². The van der Waals surface area contributed by atoms with Crippen LogP contribution in [-0.2, 0) is 16.5 Å². The molecule has 1 N–H and O–H groups in total. The van der Waals surface area contributed by atoms with Crippen LogP contribution < -0.4 is 15.1 Å². The van der Waals surface area contributed by atoms with Crippen molar-refractivity contribution in [3.63, 3.8) is 0 Å². The summed E-state index contributed by atoms with van der Waals surface area (Å²) in [5.41, 5.74) is -0.977. The fourth-order valence-electron chi connectivity index (χ4n) is 5.76. The number of morpholine rings is 1. The molecule has 194 valence electrons. The summed E-state index contributed by atoms with van der Waals surface area (Å²) in [5, 5.41) is 3.02. The van der Waals surface area contributed by atoms with Gasteiger partial charge in [-0.1, -0.05) is 30.3 Å². The zero-order valence-corrected chi connectivity index (χ0v) is 20.5. The molecule has 0 atom stereocenters. The molecule has 36 heavy (non-hydrogen) atoms. The van der Waals surface area contributed by atoms with Gasteiger partial charge in [-0.05, 0) is 45.3 Å². The molecule has 3 heterocycles. The van der Waals surface area contributed by atoms with Crippen molar-refractivity contribution in [3.8, 4) is 0 Å². The van der Waals surface area contributed by atoms with Crippen LogP contribution in [0.2, 0.25) is 0 Å². The molecule has 2 aliphatic heterocycles. The topological polar surface area (TPSA) is 73.8 Å². The second-order valence-corrected chi connectivity index (χ2v) is 10.1. The Hall–Kier alpha value is -2.92.